The standard InChI is InChI=1S/C18H28ClN/c1-3-14-9-10-16(13-20-4-2)17(11-14)12-15-7-5-6-8-18(15)19/h5-8,14,16-17,20H,3-4,9-13H2,1-2H3. The van der Waals surface area contributed by atoms with Gasteiger partial charge in [-0.3, -0.25) is 0 Å². The van der Waals surface area contributed by atoms with Crippen LogP contribution in [0.3, 0.4) is 0 Å². The first-order chi connectivity index (χ1) is 9.74. The first-order valence-corrected chi connectivity index (χ1v) is 8.56. The quantitative estimate of drug-likeness (QED) is 0.784. The average Bonchev–Trinajstić information content (AvgIpc) is 2.48. The second kappa shape index (κ2) is 8.05. The number of benzene rings is 1. The lowest BCUT2D eigenvalue weighted by Gasteiger charge is -2.36. The number of hydrogen-bond donors (Lipinski definition) is 1. The number of nitrogens with one attached hydrogen (secondary N) is 1. The molecule has 0 heterocycles. The third-order valence-corrected chi connectivity index (χ3v) is 5.29. The van der Waals surface area contributed by atoms with Crippen molar-refractivity contribution in [1.82, 2.24) is 5.32 Å². The van der Waals surface area contributed by atoms with Crippen molar-refractivity contribution in [1.29, 1.82) is 0 Å². The van der Waals surface area contributed by atoms with Crippen LogP contribution in [0, 0.1) is 17.8 Å². The fraction of sp³-hybridized carbons (Fsp3) is 0.667. The van der Waals surface area contributed by atoms with E-state index in [-0.39, 0.29) is 0 Å². The normalized spacial score (nSPS) is 26.6. The van der Waals surface area contributed by atoms with Crippen molar-refractivity contribution in [3.8, 4) is 0 Å². The largest absolute Gasteiger partial charge is 0.317 e. The maximum atomic E-state index is 6.35. The highest BCUT2D eigenvalue weighted by Crippen LogP contribution is 2.38. The van der Waals surface area contributed by atoms with Gasteiger partial charge in [0.05, 0.1) is 0 Å². The second-order valence-corrected chi connectivity index (χ2v) is 6.62. The summed E-state index contributed by atoms with van der Waals surface area (Å²) >= 11 is 6.35. The van der Waals surface area contributed by atoms with Gasteiger partial charge in [-0.2, -0.15) is 0 Å². The van der Waals surface area contributed by atoms with Gasteiger partial charge in [0.25, 0.3) is 0 Å². The highest BCUT2D eigenvalue weighted by molar-refractivity contribution is 6.31. The van der Waals surface area contributed by atoms with Crippen LogP contribution in [0.25, 0.3) is 0 Å². The second-order valence-electron chi connectivity index (χ2n) is 6.21. The zero-order chi connectivity index (χ0) is 14.4. The van der Waals surface area contributed by atoms with Gasteiger partial charge in [-0.15, -0.1) is 0 Å². The van der Waals surface area contributed by atoms with Crippen molar-refractivity contribution in [2.24, 2.45) is 17.8 Å². The Hall–Kier alpha value is -0.530. The van der Waals surface area contributed by atoms with Crippen LogP contribution in [0.1, 0.15) is 45.1 Å². The van der Waals surface area contributed by atoms with Gasteiger partial charge in [-0.1, -0.05) is 56.5 Å². The zero-order valence-corrected chi connectivity index (χ0v) is 13.6. The predicted molar refractivity (Wildman–Crippen MR) is 88.3 cm³/mol. The van der Waals surface area contributed by atoms with Crippen molar-refractivity contribution in [3.05, 3.63) is 34.9 Å². The smallest absolute Gasteiger partial charge is 0.0438 e. The molecular weight excluding hydrogens is 266 g/mol. The Morgan fingerprint density at radius 2 is 1.95 bits per heavy atom. The summed E-state index contributed by atoms with van der Waals surface area (Å²) in [4.78, 5) is 0. The molecule has 0 spiro atoms. The molecule has 2 heteroatoms. The van der Waals surface area contributed by atoms with E-state index >= 15 is 0 Å². The van der Waals surface area contributed by atoms with Crippen molar-refractivity contribution in [3.63, 3.8) is 0 Å². The molecule has 0 saturated heterocycles. The van der Waals surface area contributed by atoms with Crippen LogP contribution < -0.4 is 5.32 Å². The Morgan fingerprint density at radius 3 is 2.65 bits per heavy atom. The molecule has 0 bridgehead atoms. The lowest BCUT2D eigenvalue weighted by Crippen LogP contribution is -2.34. The topological polar surface area (TPSA) is 12.0 Å². The molecule has 112 valence electrons. The van der Waals surface area contributed by atoms with Crippen molar-refractivity contribution >= 4 is 11.6 Å². The first-order valence-electron chi connectivity index (χ1n) is 8.18. The van der Waals surface area contributed by atoms with E-state index in [1.54, 1.807) is 0 Å². The van der Waals surface area contributed by atoms with Crippen LogP contribution in [0.4, 0.5) is 0 Å². The monoisotopic (exact) mass is 293 g/mol. The first kappa shape index (κ1) is 15.9. The van der Waals surface area contributed by atoms with E-state index in [2.05, 4.69) is 31.3 Å². The van der Waals surface area contributed by atoms with Gasteiger partial charge in [0.1, 0.15) is 0 Å². The maximum Gasteiger partial charge on any atom is 0.0438 e. The predicted octanol–water partition coefficient (Wildman–Crippen LogP) is 4.93. The molecule has 1 aromatic rings. The van der Waals surface area contributed by atoms with Gasteiger partial charge >= 0.3 is 0 Å². The number of hydrogen-bond acceptors (Lipinski definition) is 1. The van der Waals surface area contributed by atoms with E-state index in [0.717, 1.165) is 35.7 Å². The van der Waals surface area contributed by atoms with Gasteiger partial charge < -0.3 is 5.32 Å². The van der Waals surface area contributed by atoms with Gasteiger partial charge in [0, 0.05) is 5.02 Å². The fourth-order valence-electron chi connectivity index (χ4n) is 3.59. The molecule has 20 heavy (non-hydrogen) atoms. The molecule has 3 atom stereocenters. The summed E-state index contributed by atoms with van der Waals surface area (Å²) in [5, 5.41) is 4.49. The minimum atomic E-state index is 0.785. The molecule has 0 aliphatic heterocycles. The summed E-state index contributed by atoms with van der Waals surface area (Å²) in [6, 6.07) is 8.36. The minimum Gasteiger partial charge on any atom is -0.317 e. The third kappa shape index (κ3) is 4.23. The molecule has 1 aliphatic carbocycles. The molecule has 0 aromatic heterocycles. The minimum absolute atomic E-state index is 0.785. The fourth-order valence-corrected chi connectivity index (χ4v) is 3.80. The summed E-state index contributed by atoms with van der Waals surface area (Å²) in [7, 11) is 0. The zero-order valence-electron chi connectivity index (χ0n) is 12.9. The Kier molecular flexibility index (Phi) is 6.38. The number of rotatable bonds is 6. The molecule has 1 N–H and O–H groups in total. The van der Waals surface area contributed by atoms with E-state index in [0.29, 0.717) is 0 Å². The molecule has 0 amide bonds. The van der Waals surface area contributed by atoms with Crippen molar-refractivity contribution in [2.75, 3.05) is 13.1 Å². The average molecular weight is 294 g/mol. The highest BCUT2D eigenvalue weighted by Gasteiger charge is 2.29. The Morgan fingerprint density at radius 1 is 1.15 bits per heavy atom. The third-order valence-electron chi connectivity index (χ3n) is 4.92. The summed E-state index contributed by atoms with van der Waals surface area (Å²) in [5.41, 5.74) is 1.33. The van der Waals surface area contributed by atoms with Gasteiger partial charge in [-0.05, 0) is 61.7 Å². The Bertz CT molecular complexity index is 404. The van der Waals surface area contributed by atoms with E-state index in [4.69, 9.17) is 11.6 Å². The van der Waals surface area contributed by atoms with E-state index in [1.807, 2.05) is 12.1 Å². The lowest BCUT2D eigenvalue weighted by atomic mass is 9.71. The Labute approximate surface area is 129 Å². The highest BCUT2D eigenvalue weighted by atomic mass is 35.5. The van der Waals surface area contributed by atoms with Gasteiger partial charge in [0.2, 0.25) is 0 Å². The molecule has 2 rings (SSSR count). The van der Waals surface area contributed by atoms with E-state index in [1.165, 1.54) is 37.8 Å². The Balaban J connectivity index is 2.04. The van der Waals surface area contributed by atoms with Crippen LogP contribution >= 0.6 is 11.6 Å². The van der Waals surface area contributed by atoms with E-state index in [9.17, 15) is 0 Å². The van der Waals surface area contributed by atoms with Crippen LogP contribution in [0.15, 0.2) is 24.3 Å². The molecule has 3 unspecified atom stereocenters. The summed E-state index contributed by atoms with van der Waals surface area (Å²) in [6.07, 6.45) is 6.63. The summed E-state index contributed by atoms with van der Waals surface area (Å²) in [5.74, 6) is 2.52. The molecule has 1 aliphatic rings. The van der Waals surface area contributed by atoms with Crippen molar-refractivity contribution < 1.29 is 0 Å². The van der Waals surface area contributed by atoms with Crippen LogP contribution in [0.2, 0.25) is 5.02 Å². The molecular formula is C18H28ClN. The number of halogens is 1. The van der Waals surface area contributed by atoms with Gasteiger partial charge in [0.15, 0.2) is 0 Å². The van der Waals surface area contributed by atoms with E-state index < -0.39 is 0 Å². The summed E-state index contributed by atoms with van der Waals surface area (Å²) in [6.45, 7) is 6.77. The SMILES string of the molecule is CCNCC1CCC(CC)CC1Cc1ccccc1Cl. The molecule has 1 aromatic carbocycles. The lowest BCUT2D eigenvalue weighted by molar-refractivity contribution is 0.172. The maximum absolute atomic E-state index is 6.35. The van der Waals surface area contributed by atoms with Crippen LogP contribution in [0.5, 0.6) is 0 Å². The van der Waals surface area contributed by atoms with Crippen LogP contribution in [-0.4, -0.2) is 13.1 Å². The van der Waals surface area contributed by atoms with Crippen molar-refractivity contribution in [2.45, 2.75) is 46.0 Å². The molecule has 1 saturated carbocycles. The molecule has 1 fully saturated rings. The molecule has 0 radical (unpaired) electrons. The molecule has 1 nitrogen and oxygen atoms in total. The van der Waals surface area contributed by atoms with Crippen LogP contribution in [-0.2, 0) is 6.42 Å². The summed E-state index contributed by atoms with van der Waals surface area (Å²) < 4.78 is 0. The van der Waals surface area contributed by atoms with Gasteiger partial charge in [-0.25, -0.2) is 0 Å².